The highest BCUT2D eigenvalue weighted by Gasteiger charge is 2.09. The molecule has 1 aromatic heterocycles. The van der Waals surface area contributed by atoms with Gasteiger partial charge in [0.15, 0.2) is 5.82 Å². The molecule has 0 atom stereocenters. The van der Waals surface area contributed by atoms with Gasteiger partial charge in [0, 0.05) is 6.42 Å². The van der Waals surface area contributed by atoms with Crippen LogP contribution in [0.3, 0.4) is 0 Å². The highest BCUT2D eigenvalue weighted by molar-refractivity contribution is 5.66. The van der Waals surface area contributed by atoms with E-state index in [1.54, 1.807) is 0 Å². The maximum atomic E-state index is 10.3. The van der Waals surface area contributed by atoms with Crippen LogP contribution in [0.2, 0.25) is 0 Å². The SMILES string of the molecule is CCN(C)Cc1noc(CCC(=O)O)n1. The van der Waals surface area contributed by atoms with Gasteiger partial charge in [-0.3, -0.25) is 9.69 Å². The lowest BCUT2D eigenvalue weighted by Gasteiger charge is -2.09. The Labute approximate surface area is 87.9 Å². The second-order valence-electron chi connectivity index (χ2n) is 3.33. The fourth-order valence-electron chi connectivity index (χ4n) is 1.02. The Balaban J connectivity index is 2.45. The zero-order valence-corrected chi connectivity index (χ0v) is 8.93. The van der Waals surface area contributed by atoms with Crippen molar-refractivity contribution in [3.05, 3.63) is 11.7 Å². The molecule has 0 saturated carbocycles. The first-order valence-electron chi connectivity index (χ1n) is 4.83. The van der Waals surface area contributed by atoms with Crippen LogP contribution in [0.5, 0.6) is 0 Å². The number of hydrogen-bond acceptors (Lipinski definition) is 5. The average molecular weight is 213 g/mol. The third-order valence-electron chi connectivity index (χ3n) is 2.01. The Morgan fingerprint density at radius 3 is 2.93 bits per heavy atom. The van der Waals surface area contributed by atoms with Gasteiger partial charge < -0.3 is 9.63 Å². The molecule has 0 saturated heterocycles. The fourth-order valence-corrected chi connectivity index (χ4v) is 1.02. The number of carbonyl (C=O) groups is 1. The molecular weight excluding hydrogens is 198 g/mol. The number of nitrogens with zero attached hydrogens (tertiary/aromatic N) is 3. The molecular formula is C9H15N3O3. The molecule has 0 aromatic carbocycles. The van der Waals surface area contributed by atoms with Gasteiger partial charge >= 0.3 is 5.97 Å². The largest absolute Gasteiger partial charge is 0.481 e. The lowest BCUT2D eigenvalue weighted by atomic mass is 10.3. The maximum absolute atomic E-state index is 10.3. The summed E-state index contributed by atoms with van der Waals surface area (Å²) in [6.45, 7) is 3.55. The lowest BCUT2D eigenvalue weighted by Crippen LogP contribution is -2.17. The van der Waals surface area contributed by atoms with E-state index in [1.165, 1.54) is 0 Å². The molecule has 0 aliphatic heterocycles. The summed E-state index contributed by atoms with van der Waals surface area (Å²) >= 11 is 0. The normalized spacial score (nSPS) is 10.9. The summed E-state index contributed by atoms with van der Waals surface area (Å²) in [7, 11) is 1.95. The van der Waals surface area contributed by atoms with E-state index in [4.69, 9.17) is 9.63 Å². The van der Waals surface area contributed by atoms with E-state index in [-0.39, 0.29) is 12.8 Å². The van der Waals surface area contributed by atoms with Gasteiger partial charge in [0.1, 0.15) is 0 Å². The van der Waals surface area contributed by atoms with Crippen molar-refractivity contribution in [2.24, 2.45) is 0 Å². The molecule has 0 bridgehead atoms. The van der Waals surface area contributed by atoms with Crippen LogP contribution >= 0.6 is 0 Å². The van der Waals surface area contributed by atoms with Crippen LogP contribution in [-0.2, 0) is 17.8 Å². The summed E-state index contributed by atoms with van der Waals surface area (Å²) in [5.41, 5.74) is 0. The minimum absolute atomic E-state index is 0.0191. The van der Waals surface area contributed by atoms with E-state index in [0.717, 1.165) is 6.54 Å². The van der Waals surface area contributed by atoms with Gasteiger partial charge in [0.05, 0.1) is 13.0 Å². The monoisotopic (exact) mass is 213 g/mol. The second kappa shape index (κ2) is 5.45. The summed E-state index contributed by atoms with van der Waals surface area (Å²) in [5.74, 6) is 0.122. The minimum Gasteiger partial charge on any atom is -0.481 e. The molecule has 0 fully saturated rings. The summed E-state index contributed by atoms with van der Waals surface area (Å²) in [4.78, 5) is 16.4. The van der Waals surface area contributed by atoms with E-state index in [1.807, 2.05) is 18.9 Å². The summed E-state index contributed by atoms with van der Waals surface area (Å²) in [6, 6.07) is 0. The first-order valence-corrected chi connectivity index (χ1v) is 4.83. The minimum atomic E-state index is -0.861. The van der Waals surface area contributed by atoms with Crippen LogP contribution in [0.25, 0.3) is 0 Å². The Hall–Kier alpha value is -1.43. The van der Waals surface area contributed by atoms with Gasteiger partial charge in [-0.05, 0) is 13.6 Å². The first-order chi connectivity index (χ1) is 7.11. The van der Waals surface area contributed by atoms with Gasteiger partial charge in [-0.15, -0.1) is 0 Å². The van der Waals surface area contributed by atoms with Crippen molar-refractivity contribution in [2.75, 3.05) is 13.6 Å². The van der Waals surface area contributed by atoms with E-state index < -0.39 is 5.97 Å². The van der Waals surface area contributed by atoms with Crippen molar-refractivity contribution in [1.29, 1.82) is 0 Å². The number of rotatable bonds is 6. The Kier molecular flexibility index (Phi) is 4.23. The zero-order chi connectivity index (χ0) is 11.3. The molecule has 6 heteroatoms. The van der Waals surface area contributed by atoms with Crippen LogP contribution in [0, 0.1) is 0 Å². The number of carboxylic acids is 1. The molecule has 0 aliphatic rings. The summed E-state index contributed by atoms with van der Waals surface area (Å²) in [5, 5.41) is 12.2. The predicted molar refractivity (Wildman–Crippen MR) is 52.3 cm³/mol. The number of aliphatic carboxylic acids is 1. The number of carboxylic acid groups (broad SMARTS) is 1. The first kappa shape index (κ1) is 11.6. The molecule has 15 heavy (non-hydrogen) atoms. The lowest BCUT2D eigenvalue weighted by molar-refractivity contribution is -0.137. The second-order valence-corrected chi connectivity index (χ2v) is 3.33. The van der Waals surface area contributed by atoms with Crippen molar-refractivity contribution in [2.45, 2.75) is 26.3 Å². The molecule has 1 rings (SSSR count). The van der Waals surface area contributed by atoms with Crippen molar-refractivity contribution in [1.82, 2.24) is 15.0 Å². The van der Waals surface area contributed by atoms with Crippen LogP contribution < -0.4 is 0 Å². The highest BCUT2D eigenvalue weighted by atomic mass is 16.5. The third kappa shape index (κ3) is 4.07. The molecule has 6 nitrogen and oxygen atoms in total. The molecule has 0 spiro atoms. The van der Waals surface area contributed by atoms with Crippen molar-refractivity contribution in [3.63, 3.8) is 0 Å². The number of aryl methyl sites for hydroxylation is 1. The van der Waals surface area contributed by atoms with E-state index in [9.17, 15) is 4.79 Å². The van der Waals surface area contributed by atoms with E-state index >= 15 is 0 Å². The van der Waals surface area contributed by atoms with Crippen LogP contribution in [0.4, 0.5) is 0 Å². The molecule has 0 unspecified atom stereocenters. The van der Waals surface area contributed by atoms with Gasteiger partial charge in [-0.2, -0.15) is 4.98 Å². The number of hydrogen-bond donors (Lipinski definition) is 1. The summed E-state index contributed by atoms with van der Waals surface area (Å²) in [6.07, 6.45) is 0.309. The van der Waals surface area contributed by atoms with E-state index in [2.05, 4.69) is 10.1 Å². The predicted octanol–water partition coefficient (Wildman–Crippen LogP) is 0.538. The topological polar surface area (TPSA) is 79.5 Å². The Morgan fingerprint density at radius 1 is 1.60 bits per heavy atom. The smallest absolute Gasteiger partial charge is 0.303 e. The third-order valence-corrected chi connectivity index (χ3v) is 2.01. The molecule has 0 amide bonds. The van der Waals surface area contributed by atoms with Crippen LogP contribution in [0.1, 0.15) is 25.1 Å². The molecule has 0 radical (unpaired) electrons. The van der Waals surface area contributed by atoms with Crippen molar-refractivity contribution < 1.29 is 14.4 Å². The maximum Gasteiger partial charge on any atom is 0.303 e. The standard InChI is InChI=1S/C9H15N3O3/c1-3-12(2)6-7-10-8(15-11-7)4-5-9(13)14/h3-6H2,1-2H3,(H,13,14). The Bertz CT molecular complexity index is 324. The van der Waals surface area contributed by atoms with Gasteiger partial charge in [-0.1, -0.05) is 12.1 Å². The molecule has 84 valence electrons. The molecule has 1 N–H and O–H groups in total. The molecule has 0 aliphatic carbocycles. The van der Waals surface area contributed by atoms with Gasteiger partial charge in [0.25, 0.3) is 0 Å². The quantitative estimate of drug-likeness (QED) is 0.742. The fraction of sp³-hybridized carbons (Fsp3) is 0.667. The van der Waals surface area contributed by atoms with Crippen molar-refractivity contribution in [3.8, 4) is 0 Å². The molecule has 1 aromatic rings. The van der Waals surface area contributed by atoms with Gasteiger partial charge in [-0.25, -0.2) is 0 Å². The van der Waals surface area contributed by atoms with Crippen molar-refractivity contribution >= 4 is 5.97 Å². The van der Waals surface area contributed by atoms with Gasteiger partial charge in [0.2, 0.25) is 5.89 Å². The summed E-state index contributed by atoms with van der Waals surface area (Å²) < 4.78 is 4.91. The Morgan fingerprint density at radius 2 is 2.33 bits per heavy atom. The highest BCUT2D eigenvalue weighted by Crippen LogP contribution is 2.02. The number of aromatic nitrogens is 2. The average Bonchev–Trinajstić information content (AvgIpc) is 2.62. The van der Waals surface area contributed by atoms with E-state index in [0.29, 0.717) is 18.3 Å². The van der Waals surface area contributed by atoms with Crippen LogP contribution in [-0.4, -0.2) is 39.7 Å². The van der Waals surface area contributed by atoms with Crippen LogP contribution in [0.15, 0.2) is 4.52 Å². The zero-order valence-electron chi connectivity index (χ0n) is 8.93. The molecule has 1 heterocycles.